The SMILES string of the molecule is CCC(=O)c1cn(CCCN2CCC(O)(Cc3ccccc3)CC2)c2ccccc12.COc1ccc2c(c1)c(C(C)=O)cn2CCCN1CCC(C(=O)c2ccccc2)CC1.COc1ccc2c(c1)c(C(C)=O)cn2CCCN1CCC(Oc2ccccc2Cl)CC1.COc1cccc2c(C(C)=O)cn(CCCN3CCC(N4CCOCC4)CC3)c12.COc1cccc2c(C(C)=O)cn(CCCN3CCC4CCCCC4C3)c12. The number of Topliss-reactive ketones (excluding diaryl/α,β-unsaturated/α-hetero) is 6. The van der Waals surface area contributed by atoms with Crippen molar-refractivity contribution in [2.24, 2.45) is 17.8 Å². The lowest BCUT2D eigenvalue weighted by atomic mass is 9.75. The summed E-state index contributed by atoms with van der Waals surface area (Å²) < 4.78 is 44.4. The van der Waals surface area contributed by atoms with Crippen LogP contribution in [0.3, 0.4) is 0 Å². The predicted molar refractivity (Wildman–Crippen MR) is 594 cm³/mol. The van der Waals surface area contributed by atoms with E-state index < -0.39 is 5.60 Å². The van der Waals surface area contributed by atoms with E-state index in [4.69, 9.17) is 40.0 Å². The van der Waals surface area contributed by atoms with Crippen molar-refractivity contribution in [1.82, 2.24) is 52.2 Å². The molecule has 0 amide bonds. The molecule has 7 aliphatic rings. The number of ketones is 6. The number of carbonyl (C=O) groups excluding carboxylic acids is 6. The lowest BCUT2D eigenvalue weighted by Crippen LogP contribution is -2.49. The standard InChI is InChI=1S/C26H30N2O3.C26H32N2O2.C25H29ClN2O3.C23H33N3O3.C23H32N2O2/c1-19(29)24-18-28(25-10-9-22(31-2)17-23(24)25)14-6-13-27-15-11-21(12-16-27)26(30)20-7-4-3-5-8-20;1-2-25(29)23-20-28(24-12-7-6-11-22(23)24)16-8-15-27-17-13-26(30,14-18-27)19-21-9-4-3-5-10-21;1-18(29)22-17-28(24-9-8-20(30-2)16-21(22)24)13-5-12-27-14-10-19(11-15-27)31-25-7-4-3-6-23(25)26;1-18(27)21-17-26(23-20(21)5-3-6-22(23)28-2)10-4-9-24-11-7-19(8-12-24)25-13-15-29-16-14-25;1-17(26)21-16-25(23-20(21)9-5-10-22(23)27-2)13-6-12-24-14-11-18-7-3-4-8-19(18)15-24/h3-5,7-10,17-18,21H,6,11-16H2,1-2H3;3-7,9-12,20,30H,2,8,13-19H2,1H3;3-4,6-9,16-17,19H,5,10-15H2,1-2H3;3,5-6,17,19H,4,7-16H2,1-2H3;5,9-10,16,18-19H,3-4,6-8,11-15H2,1-2H3. The van der Waals surface area contributed by atoms with Gasteiger partial charge in [0.25, 0.3) is 0 Å². The number of ether oxygens (including phenoxy) is 6. The number of para-hydroxylation sites is 4. The number of carbonyl (C=O) groups is 6. The zero-order valence-corrected chi connectivity index (χ0v) is 89.6. The topological polar surface area (TPSA) is 222 Å². The number of hydrogen-bond acceptors (Lipinski definition) is 19. The third-order valence-corrected chi connectivity index (χ3v) is 32.3. The largest absolute Gasteiger partial charge is 0.497 e. The number of aromatic nitrogens is 5. The van der Waals surface area contributed by atoms with Crippen LogP contribution in [-0.4, -0.2) is 263 Å². The molecular weight excluding hydrogens is 1870 g/mol. The van der Waals surface area contributed by atoms with Gasteiger partial charge in [-0.25, -0.2) is 0 Å². The van der Waals surface area contributed by atoms with E-state index in [0.29, 0.717) is 11.4 Å². The molecule has 20 rings (SSSR count). The van der Waals surface area contributed by atoms with Crippen molar-refractivity contribution in [1.29, 1.82) is 0 Å². The molecule has 1 N–H and O–H groups in total. The monoisotopic (exact) mass is 2030 g/mol. The van der Waals surface area contributed by atoms with Gasteiger partial charge in [0.2, 0.25) is 0 Å². The van der Waals surface area contributed by atoms with Crippen molar-refractivity contribution in [2.45, 2.75) is 214 Å². The average molecular weight is 2030 g/mol. The van der Waals surface area contributed by atoms with Gasteiger partial charge in [-0.15, -0.1) is 0 Å². The van der Waals surface area contributed by atoms with Crippen LogP contribution in [0.5, 0.6) is 28.7 Å². The highest BCUT2D eigenvalue weighted by Crippen LogP contribution is 2.40. The highest BCUT2D eigenvalue weighted by Gasteiger charge is 2.36. The first-order chi connectivity index (χ1) is 72.0. The minimum Gasteiger partial charge on any atom is -0.497 e. The Balaban J connectivity index is 0.000000132. The Kier molecular flexibility index (Phi) is 39.3. The fourth-order valence-corrected chi connectivity index (χ4v) is 23.9. The van der Waals surface area contributed by atoms with Gasteiger partial charge < -0.3 is 80.9 Å². The molecule has 1 aliphatic carbocycles. The van der Waals surface area contributed by atoms with Crippen LogP contribution < -0.4 is 23.7 Å². The number of likely N-dealkylation sites (tertiary alicyclic amines) is 5. The summed E-state index contributed by atoms with van der Waals surface area (Å²) in [5, 5.41) is 16.6. The molecule has 0 bridgehead atoms. The van der Waals surface area contributed by atoms with E-state index in [2.05, 4.69) is 70.4 Å². The summed E-state index contributed by atoms with van der Waals surface area (Å²) in [5.74, 6) is 6.93. The first-order valence-corrected chi connectivity index (χ1v) is 54.9. The first-order valence-electron chi connectivity index (χ1n) is 54.5. The number of halogens is 1. The zero-order valence-electron chi connectivity index (χ0n) is 88.9. The molecule has 5 aromatic heterocycles. The molecule has 0 spiro atoms. The number of nitrogens with zero attached hydrogens (tertiary/aromatic N) is 11. The Morgan fingerprint density at radius 1 is 0.385 bits per heavy atom. The second-order valence-corrected chi connectivity index (χ2v) is 42.1. The number of aryl methyl sites for hydroxylation is 5. The molecule has 11 heterocycles. The van der Waals surface area contributed by atoms with Crippen LogP contribution in [0.4, 0.5) is 0 Å². The van der Waals surface area contributed by atoms with Crippen LogP contribution in [0, 0.1) is 17.8 Å². The lowest BCUT2D eigenvalue weighted by Gasteiger charge is -2.41. The van der Waals surface area contributed by atoms with Crippen LogP contribution in [0.25, 0.3) is 54.5 Å². The molecule has 6 saturated heterocycles. The van der Waals surface area contributed by atoms with Crippen LogP contribution in [0.1, 0.15) is 224 Å². The minimum atomic E-state index is -0.579. The van der Waals surface area contributed by atoms with E-state index in [1.807, 2.05) is 202 Å². The molecule has 788 valence electrons. The highest BCUT2D eigenvalue weighted by molar-refractivity contribution is 6.32. The van der Waals surface area contributed by atoms with E-state index in [1.165, 1.54) is 76.7 Å². The predicted octanol–water partition coefficient (Wildman–Crippen LogP) is 22.8. The molecule has 2 unspecified atom stereocenters. The number of morpholine rings is 1. The maximum atomic E-state index is 12.7. The number of fused-ring (bicyclic) bond motifs is 6. The van der Waals surface area contributed by atoms with Gasteiger partial charge in [-0.1, -0.05) is 153 Å². The minimum absolute atomic E-state index is 0.0714. The molecule has 24 nitrogen and oxygen atoms in total. The van der Waals surface area contributed by atoms with Crippen molar-refractivity contribution in [3.8, 4) is 28.7 Å². The van der Waals surface area contributed by atoms with Crippen molar-refractivity contribution in [2.75, 3.05) is 153 Å². The summed E-state index contributed by atoms with van der Waals surface area (Å²) in [7, 11) is 6.68. The van der Waals surface area contributed by atoms with E-state index in [1.54, 1.807) is 56.1 Å². The van der Waals surface area contributed by atoms with Gasteiger partial charge in [0.05, 0.1) is 63.3 Å². The number of piperidine rings is 5. The molecule has 148 heavy (non-hydrogen) atoms. The molecule has 2 atom stereocenters. The third-order valence-electron chi connectivity index (χ3n) is 32.0. The number of benzene rings is 8. The smallest absolute Gasteiger partial charge is 0.166 e. The van der Waals surface area contributed by atoms with Crippen molar-refractivity contribution in [3.63, 3.8) is 0 Å². The molecule has 25 heteroatoms. The Labute approximate surface area is 879 Å². The Morgan fingerprint density at radius 2 is 0.797 bits per heavy atom. The average Bonchev–Trinajstić information content (AvgIpc) is 1.64. The van der Waals surface area contributed by atoms with E-state index in [9.17, 15) is 33.9 Å². The van der Waals surface area contributed by atoms with E-state index in [0.717, 1.165) is 343 Å². The Morgan fingerprint density at radius 3 is 1.30 bits per heavy atom. The maximum absolute atomic E-state index is 12.7. The Hall–Kier alpha value is -11.6. The van der Waals surface area contributed by atoms with Gasteiger partial charge in [0, 0.05) is 211 Å². The van der Waals surface area contributed by atoms with Crippen molar-refractivity contribution >= 4 is 101 Å². The summed E-state index contributed by atoms with van der Waals surface area (Å²) in [5.41, 5.74) is 10.8. The summed E-state index contributed by atoms with van der Waals surface area (Å²) in [6.45, 7) is 32.9. The third kappa shape index (κ3) is 28.2. The number of hydrogen-bond donors (Lipinski definition) is 1. The fourth-order valence-electron chi connectivity index (χ4n) is 23.7. The molecule has 1 saturated carbocycles. The molecule has 13 aromatic rings. The van der Waals surface area contributed by atoms with Crippen LogP contribution in [0.15, 0.2) is 213 Å². The van der Waals surface area contributed by atoms with Crippen molar-refractivity contribution in [3.05, 3.63) is 257 Å². The van der Waals surface area contributed by atoms with Gasteiger partial charge >= 0.3 is 0 Å². The van der Waals surface area contributed by atoms with Crippen LogP contribution in [-0.2, 0) is 43.9 Å². The number of aliphatic hydroxyl groups is 1. The number of rotatable bonds is 37. The van der Waals surface area contributed by atoms with E-state index in [-0.39, 0.29) is 46.7 Å². The van der Waals surface area contributed by atoms with Crippen LogP contribution in [0.2, 0.25) is 5.02 Å². The lowest BCUT2D eigenvalue weighted by molar-refractivity contribution is -0.0209. The van der Waals surface area contributed by atoms with Gasteiger partial charge in [0.15, 0.2) is 34.7 Å². The normalized spacial score (nSPS) is 17.9. The Bertz CT molecular complexity index is 6560. The molecule has 8 aromatic carbocycles. The van der Waals surface area contributed by atoms with Crippen LogP contribution >= 0.6 is 11.6 Å². The second kappa shape index (κ2) is 53.2. The molecule has 7 fully saturated rings. The maximum Gasteiger partial charge on any atom is 0.166 e. The molecule has 6 aliphatic heterocycles. The number of methoxy groups -OCH3 is 4. The highest BCUT2D eigenvalue weighted by atomic mass is 35.5. The molecule has 0 radical (unpaired) electrons. The van der Waals surface area contributed by atoms with Gasteiger partial charge in [0.1, 0.15) is 34.9 Å². The second-order valence-electron chi connectivity index (χ2n) is 41.7. The summed E-state index contributed by atoms with van der Waals surface area (Å²) in [6.07, 6.45) is 31.9. The van der Waals surface area contributed by atoms with Gasteiger partial charge in [-0.2, -0.15) is 0 Å². The summed E-state index contributed by atoms with van der Waals surface area (Å²) in [6, 6.07) is 60.3. The first kappa shape index (κ1) is 109. The molecular formula is C123H156ClN11O13. The quantitative estimate of drug-likeness (QED) is 0.0357. The summed E-state index contributed by atoms with van der Waals surface area (Å²) >= 11 is 6.21. The summed E-state index contributed by atoms with van der Waals surface area (Å²) in [4.78, 5) is 88.6. The van der Waals surface area contributed by atoms with Gasteiger partial charge in [-0.05, 0) is 274 Å². The van der Waals surface area contributed by atoms with E-state index >= 15 is 0 Å². The fraction of sp³-hybridized carbons (Fsp3) is 0.480. The van der Waals surface area contributed by atoms with Gasteiger partial charge in [-0.3, -0.25) is 33.7 Å². The zero-order chi connectivity index (χ0) is 104. The van der Waals surface area contributed by atoms with Crippen molar-refractivity contribution < 1.29 is 62.3 Å².